The first kappa shape index (κ1) is 15.9. The summed E-state index contributed by atoms with van der Waals surface area (Å²) in [5.74, 6) is 1.08. The van der Waals surface area contributed by atoms with Gasteiger partial charge in [0, 0.05) is 5.57 Å². The molecule has 24 heavy (non-hydrogen) atoms. The summed E-state index contributed by atoms with van der Waals surface area (Å²) in [5.41, 5.74) is 2.47. The quantitative estimate of drug-likeness (QED) is 0.759. The Balaban J connectivity index is 1.69. The first-order valence-corrected chi connectivity index (χ1v) is 9.44. The first-order chi connectivity index (χ1) is 11.4. The molecule has 4 aliphatic carbocycles. The summed E-state index contributed by atoms with van der Waals surface area (Å²) in [6.07, 6.45) is 11.7. The minimum absolute atomic E-state index is 0.0168. The average molecular weight is 325 g/mol. The maximum atomic E-state index is 11.7. The van der Waals surface area contributed by atoms with Gasteiger partial charge < -0.3 is 5.11 Å². The molecule has 0 spiro atoms. The number of aliphatic carboxylic acids is 1. The predicted octanol–water partition coefficient (Wildman–Crippen LogP) is 4.71. The van der Waals surface area contributed by atoms with E-state index in [0.29, 0.717) is 17.8 Å². The minimum atomic E-state index is -0.587. The number of hydrogen-bond acceptors (Lipinski definition) is 2. The van der Waals surface area contributed by atoms with E-state index in [1.807, 2.05) is 0 Å². The van der Waals surface area contributed by atoms with Gasteiger partial charge in [0.2, 0.25) is 0 Å². The maximum Gasteiger partial charge on any atom is 0.307 e. The maximum absolute atomic E-state index is 11.7. The molecular weight excluding hydrogens is 298 g/mol. The van der Waals surface area contributed by atoms with Crippen LogP contribution in [0.3, 0.4) is 0 Å². The highest BCUT2D eigenvalue weighted by atomic mass is 16.4. The van der Waals surface area contributed by atoms with Crippen molar-refractivity contribution >= 4 is 5.97 Å². The fourth-order valence-electron chi connectivity index (χ4n) is 6.82. The number of carboxylic acids is 1. The summed E-state index contributed by atoms with van der Waals surface area (Å²) in [7, 11) is 0. The zero-order valence-corrected chi connectivity index (χ0v) is 14.7. The van der Waals surface area contributed by atoms with Gasteiger partial charge in [0.25, 0.3) is 0 Å². The van der Waals surface area contributed by atoms with Crippen LogP contribution in [0.1, 0.15) is 58.8 Å². The average Bonchev–Trinajstić information content (AvgIpc) is 2.91. The van der Waals surface area contributed by atoms with Crippen LogP contribution in [0.5, 0.6) is 0 Å². The molecule has 0 saturated heterocycles. The second kappa shape index (κ2) is 5.22. The normalized spacial score (nSPS) is 46.7. The Hall–Kier alpha value is -1.56. The molecule has 6 atom stereocenters. The molecule has 2 fully saturated rings. The van der Waals surface area contributed by atoms with Crippen molar-refractivity contribution in [1.29, 1.82) is 5.26 Å². The van der Waals surface area contributed by atoms with Crippen LogP contribution in [-0.2, 0) is 4.79 Å². The Morgan fingerprint density at radius 3 is 2.75 bits per heavy atom. The highest BCUT2D eigenvalue weighted by Crippen LogP contribution is 2.65. The van der Waals surface area contributed by atoms with Gasteiger partial charge in [0.15, 0.2) is 0 Å². The van der Waals surface area contributed by atoms with Crippen molar-refractivity contribution in [1.82, 2.24) is 0 Å². The van der Waals surface area contributed by atoms with E-state index in [4.69, 9.17) is 0 Å². The summed E-state index contributed by atoms with van der Waals surface area (Å²) < 4.78 is 0. The molecular formula is C21H27NO2. The van der Waals surface area contributed by atoms with Crippen LogP contribution in [0.25, 0.3) is 0 Å². The van der Waals surface area contributed by atoms with Crippen LogP contribution < -0.4 is 0 Å². The molecule has 0 aromatic carbocycles. The van der Waals surface area contributed by atoms with Crippen molar-refractivity contribution < 1.29 is 9.90 Å². The van der Waals surface area contributed by atoms with E-state index in [1.165, 1.54) is 5.57 Å². The third-order valence-corrected chi connectivity index (χ3v) is 8.21. The lowest BCUT2D eigenvalue weighted by molar-refractivity contribution is -0.148. The number of hydrogen-bond donors (Lipinski definition) is 1. The van der Waals surface area contributed by atoms with Crippen molar-refractivity contribution in [2.24, 2.45) is 34.5 Å². The lowest BCUT2D eigenvalue weighted by Crippen LogP contribution is -2.50. The molecule has 4 rings (SSSR count). The second-order valence-electron chi connectivity index (χ2n) is 8.98. The number of carbonyl (C=O) groups is 1. The number of fused-ring (bicyclic) bond motifs is 5. The Morgan fingerprint density at radius 2 is 2.04 bits per heavy atom. The second-order valence-corrected chi connectivity index (χ2v) is 8.98. The molecule has 0 aromatic heterocycles. The van der Waals surface area contributed by atoms with Gasteiger partial charge in [0.05, 0.1) is 12.0 Å². The molecule has 0 unspecified atom stereocenters. The Labute approximate surface area is 144 Å². The summed E-state index contributed by atoms with van der Waals surface area (Å²) in [5, 5.41) is 18.9. The number of rotatable bonds is 1. The molecule has 2 saturated carbocycles. The largest absolute Gasteiger partial charge is 0.481 e. The highest BCUT2D eigenvalue weighted by Gasteiger charge is 2.59. The van der Waals surface area contributed by atoms with Gasteiger partial charge in [-0.1, -0.05) is 19.9 Å². The zero-order valence-electron chi connectivity index (χ0n) is 14.7. The Kier molecular flexibility index (Phi) is 3.46. The van der Waals surface area contributed by atoms with E-state index in [-0.39, 0.29) is 16.7 Å². The van der Waals surface area contributed by atoms with Gasteiger partial charge in [0.1, 0.15) is 0 Å². The van der Waals surface area contributed by atoms with Crippen molar-refractivity contribution in [2.75, 3.05) is 0 Å². The van der Waals surface area contributed by atoms with Crippen molar-refractivity contribution in [3.8, 4) is 6.07 Å². The van der Waals surface area contributed by atoms with Crippen LogP contribution >= 0.6 is 0 Å². The van der Waals surface area contributed by atoms with E-state index < -0.39 is 5.97 Å². The van der Waals surface area contributed by atoms with Gasteiger partial charge in [-0.3, -0.25) is 4.79 Å². The molecule has 0 aromatic rings. The molecule has 0 bridgehead atoms. The Bertz CT molecular complexity index is 684. The highest BCUT2D eigenvalue weighted by molar-refractivity contribution is 5.71. The lowest BCUT2D eigenvalue weighted by Gasteiger charge is -2.56. The van der Waals surface area contributed by atoms with E-state index in [2.05, 4.69) is 32.1 Å². The van der Waals surface area contributed by atoms with Gasteiger partial charge in [-0.25, -0.2) is 0 Å². The molecule has 0 radical (unpaired) electrons. The molecule has 0 heterocycles. The van der Waals surface area contributed by atoms with Gasteiger partial charge in [-0.05, 0) is 85.2 Å². The van der Waals surface area contributed by atoms with E-state index in [1.54, 1.807) is 0 Å². The molecule has 3 nitrogen and oxygen atoms in total. The van der Waals surface area contributed by atoms with Crippen LogP contribution in [-0.4, -0.2) is 11.1 Å². The molecule has 4 aliphatic rings. The molecule has 128 valence electrons. The molecule has 0 amide bonds. The van der Waals surface area contributed by atoms with Crippen LogP contribution in [0, 0.1) is 45.8 Å². The molecule has 3 heteroatoms. The first-order valence-electron chi connectivity index (χ1n) is 9.44. The standard InChI is InChI=1S/C21H27NO2/c1-20-9-7-13(12-22)11-14(20)3-4-15-16-5-6-18(19(23)24)21(16,2)10-8-17(15)20/h3,11,15-18H,4-10H2,1-2H3,(H,23,24)/t15-,16-,17-,18+,20-,21-/m0/s1. The number of allylic oxidation sites excluding steroid dienone is 4. The SMILES string of the molecule is C[C@]12CC[C@H]3[C@@H](CC=C4C=C(C#N)CC[C@@]43C)[C@@H]1CC[C@@H]2C(=O)O. The molecule has 0 aliphatic heterocycles. The monoisotopic (exact) mass is 325 g/mol. The van der Waals surface area contributed by atoms with Crippen molar-refractivity contribution in [2.45, 2.75) is 58.8 Å². The van der Waals surface area contributed by atoms with Crippen molar-refractivity contribution in [3.05, 3.63) is 23.3 Å². The summed E-state index contributed by atoms with van der Waals surface area (Å²) in [6, 6.07) is 2.34. The predicted molar refractivity (Wildman–Crippen MR) is 91.9 cm³/mol. The topological polar surface area (TPSA) is 61.1 Å². The zero-order chi connectivity index (χ0) is 17.1. The van der Waals surface area contributed by atoms with Gasteiger partial charge >= 0.3 is 5.97 Å². The number of carboxylic acid groups (broad SMARTS) is 1. The Morgan fingerprint density at radius 1 is 1.25 bits per heavy atom. The smallest absolute Gasteiger partial charge is 0.307 e. The van der Waals surface area contributed by atoms with Gasteiger partial charge in [-0.2, -0.15) is 5.26 Å². The fraction of sp³-hybridized carbons (Fsp3) is 0.714. The van der Waals surface area contributed by atoms with E-state index in [9.17, 15) is 15.2 Å². The number of nitriles is 1. The third kappa shape index (κ3) is 1.98. The van der Waals surface area contributed by atoms with Crippen LogP contribution in [0.4, 0.5) is 0 Å². The van der Waals surface area contributed by atoms with E-state index >= 15 is 0 Å². The summed E-state index contributed by atoms with van der Waals surface area (Å²) >= 11 is 0. The fourth-order valence-corrected chi connectivity index (χ4v) is 6.82. The van der Waals surface area contributed by atoms with Crippen molar-refractivity contribution in [3.63, 3.8) is 0 Å². The third-order valence-electron chi connectivity index (χ3n) is 8.21. The van der Waals surface area contributed by atoms with Crippen LogP contribution in [0.2, 0.25) is 0 Å². The summed E-state index contributed by atoms with van der Waals surface area (Å²) in [4.78, 5) is 11.7. The van der Waals surface area contributed by atoms with Gasteiger partial charge in [-0.15, -0.1) is 0 Å². The van der Waals surface area contributed by atoms with Crippen LogP contribution in [0.15, 0.2) is 23.3 Å². The minimum Gasteiger partial charge on any atom is -0.481 e. The number of nitrogens with zero attached hydrogens (tertiary/aromatic N) is 1. The van der Waals surface area contributed by atoms with E-state index in [0.717, 1.165) is 50.5 Å². The summed E-state index contributed by atoms with van der Waals surface area (Å²) in [6.45, 7) is 4.64. The lowest BCUT2D eigenvalue weighted by atomic mass is 9.48. The molecule has 1 N–H and O–H groups in total.